The van der Waals surface area contributed by atoms with Crippen LogP contribution in [0.15, 0.2) is 28.6 Å². The van der Waals surface area contributed by atoms with Crippen LogP contribution in [-0.2, 0) is 26.5 Å². The van der Waals surface area contributed by atoms with E-state index in [2.05, 4.69) is 9.10 Å². The molecule has 98 valence electrons. The van der Waals surface area contributed by atoms with Gasteiger partial charge in [0, 0.05) is 6.42 Å². The van der Waals surface area contributed by atoms with Crippen LogP contribution in [-0.4, -0.2) is 34.6 Å². The first-order chi connectivity index (χ1) is 8.56. The number of ether oxygens (including phenoxy) is 2. The van der Waals surface area contributed by atoms with E-state index < -0.39 is 22.5 Å². The Labute approximate surface area is 106 Å². The van der Waals surface area contributed by atoms with Crippen molar-refractivity contribution in [3.8, 4) is 5.75 Å². The molecular formula is C11H13NO5S. The molecule has 0 heterocycles. The summed E-state index contributed by atoms with van der Waals surface area (Å²) in [5.41, 5.74) is 0.764. The fourth-order valence-electron chi connectivity index (χ4n) is 1.39. The van der Waals surface area contributed by atoms with E-state index in [0.29, 0.717) is 5.75 Å². The van der Waals surface area contributed by atoms with Crippen LogP contribution in [0.5, 0.6) is 5.75 Å². The van der Waals surface area contributed by atoms with Crippen LogP contribution < -0.4 is 4.74 Å². The van der Waals surface area contributed by atoms with Gasteiger partial charge in [-0.05, 0) is 17.7 Å². The number of benzene rings is 1. The highest BCUT2D eigenvalue weighted by molar-refractivity contribution is 7.61. The van der Waals surface area contributed by atoms with Gasteiger partial charge in [-0.2, -0.15) is 12.8 Å². The quantitative estimate of drug-likeness (QED) is 0.741. The molecule has 0 aromatic heterocycles. The second-order valence-corrected chi connectivity index (χ2v) is 4.06. The lowest BCUT2D eigenvalue weighted by Gasteiger charge is -2.08. The van der Waals surface area contributed by atoms with Crippen molar-refractivity contribution in [3.05, 3.63) is 29.8 Å². The minimum atomic E-state index is -2.65. The van der Waals surface area contributed by atoms with Crippen molar-refractivity contribution in [2.24, 2.45) is 4.36 Å². The van der Waals surface area contributed by atoms with Crippen molar-refractivity contribution in [1.82, 2.24) is 0 Å². The molecule has 0 fully saturated rings. The number of hydrogen-bond acceptors (Lipinski definition) is 6. The summed E-state index contributed by atoms with van der Waals surface area (Å²) in [5.74, 6) is -0.00674. The molecular weight excluding hydrogens is 258 g/mol. The monoisotopic (exact) mass is 271 g/mol. The Morgan fingerprint density at radius 2 is 1.89 bits per heavy atom. The average molecular weight is 271 g/mol. The Kier molecular flexibility index (Phi) is 5.31. The van der Waals surface area contributed by atoms with Gasteiger partial charge in [-0.25, -0.2) is 4.79 Å². The standard InChI is InChI=1S/C11H13NO5S/c1-16-9-5-3-8(4-6-9)7-10(11(13)17-2)12-18(14)15/h3-6,10H,7H2,1-2H3/t10-/m1/s1. The molecule has 0 aliphatic rings. The maximum Gasteiger partial charge on any atom is 0.332 e. The van der Waals surface area contributed by atoms with Crippen LogP contribution >= 0.6 is 0 Å². The predicted molar refractivity (Wildman–Crippen MR) is 63.8 cm³/mol. The van der Waals surface area contributed by atoms with E-state index in [1.807, 2.05) is 0 Å². The molecule has 1 rings (SSSR count). The van der Waals surface area contributed by atoms with E-state index in [9.17, 15) is 13.2 Å². The van der Waals surface area contributed by atoms with E-state index in [1.165, 1.54) is 7.11 Å². The maximum atomic E-state index is 11.4. The molecule has 0 amide bonds. The van der Waals surface area contributed by atoms with Crippen molar-refractivity contribution in [1.29, 1.82) is 0 Å². The van der Waals surface area contributed by atoms with Crippen molar-refractivity contribution in [3.63, 3.8) is 0 Å². The first-order valence-electron chi connectivity index (χ1n) is 5.07. The molecule has 1 aromatic rings. The lowest BCUT2D eigenvalue weighted by Crippen LogP contribution is -2.22. The number of carbonyl (C=O) groups is 1. The molecule has 6 nitrogen and oxygen atoms in total. The van der Waals surface area contributed by atoms with Crippen LogP contribution in [0.1, 0.15) is 5.56 Å². The topological polar surface area (TPSA) is 82.0 Å². The fourth-order valence-corrected chi connectivity index (χ4v) is 1.76. The molecule has 0 unspecified atom stereocenters. The van der Waals surface area contributed by atoms with Gasteiger partial charge < -0.3 is 9.47 Å². The van der Waals surface area contributed by atoms with Gasteiger partial charge in [-0.15, -0.1) is 0 Å². The van der Waals surface area contributed by atoms with Gasteiger partial charge in [0.15, 0.2) is 6.04 Å². The number of methoxy groups -OCH3 is 2. The number of nitrogens with zero attached hydrogens (tertiary/aromatic N) is 1. The molecule has 0 aliphatic heterocycles. The van der Waals surface area contributed by atoms with Crippen LogP contribution in [0, 0.1) is 0 Å². The van der Waals surface area contributed by atoms with Gasteiger partial charge in [0.25, 0.3) is 0 Å². The molecule has 0 saturated carbocycles. The second-order valence-electron chi connectivity index (χ2n) is 3.41. The van der Waals surface area contributed by atoms with Crippen LogP contribution in [0.25, 0.3) is 0 Å². The Hall–Kier alpha value is -1.89. The van der Waals surface area contributed by atoms with E-state index in [-0.39, 0.29) is 6.42 Å². The molecule has 0 aliphatic carbocycles. The Balaban J connectivity index is 2.88. The highest BCUT2D eigenvalue weighted by Crippen LogP contribution is 2.14. The van der Waals surface area contributed by atoms with Crippen LogP contribution in [0.2, 0.25) is 0 Å². The maximum absolute atomic E-state index is 11.4. The zero-order chi connectivity index (χ0) is 13.5. The molecule has 0 saturated heterocycles. The summed E-state index contributed by atoms with van der Waals surface area (Å²) in [6.45, 7) is 0. The Morgan fingerprint density at radius 3 is 2.33 bits per heavy atom. The third-order valence-electron chi connectivity index (χ3n) is 2.27. The third kappa shape index (κ3) is 4.17. The molecule has 0 N–H and O–H groups in total. The summed E-state index contributed by atoms with van der Waals surface area (Å²) in [5, 5.41) is 0. The first-order valence-corrected chi connectivity index (χ1v) is 6.11. The Morgan fingerprint density at radius 1 is 1.28 bits per heavy atom. The van der Waals surface area contributed by atoms with Gasteiger partial charge >= 0.3 is 16.5 Å². The smallest absolute Gasteiger partial charge is 0.332 e. The van der Waals surface area contributed by atoms with Gasteiger partial charge in [0.2, 0.25) is 0 Å². The van der Waals surface area contributed by atoms with Gasteiger partial charge in [0.1, 0.15) is 5.75 Å². The van der Waals surface area contributed by atoms with Gasteiger partial charge in [0.05, 0.1) is 14.2 Å². The summed E-state index contributed by atoms with van der Waals surface area (Å²) >= 11 is 0. The second kappa shape index (κ2) is 6.75. The van der Waals surface area contributed by atoms with Crippen molar-refractivity contribution in [2.45, 2.75) is 12.5 Å². The highest BCUT2D eigenvalue weighted by Gasteiger charge is 2.19. The summed E-state index contributed by atoms with van der Waals surface area (Å²) in [7, 11) is 0.0829. The molecule has 1 atom stereocenters. The molecule has 1 aromatic carbocycles. The number of esters is 1. The fraction of sp³-hybridized carbons (Fsp3) is 0.364. The summed E-state index contributed by atoms with van der Waals surface area (Å²) in [6, 6.07) is 5.85. The average Bonchev–Trinajstić information content (AvgIpc) is 2.37. The minimum absolute atomic E-state index is 0.157. The van der Waals surface area contributed by atoms with E-state index in [4.69, 9.17) is 4.74 Å². The van der Waals surface area contributed by atoms with Crippen molar-refractivity contribution >= 4 is 16.5 Å². The SMILES string of the molecule is COC(=O)[C@@H](Cc1ccc(OC)cc1)N=S(=O)=O. The van der Waals surface area contributed by atoms with Crippen molar-refractivity contribution in [2.75, 3.05) is 14.2 Å². The normalized spacial score (nSPS) is 11.4. The predicted octanol–water partition coefficient (Wildman–Crippen LogP) is 0.842. The molecule has 18 heavy (non-hydrogen) atoms. The van der Waals surface area contributed by atoms with Crippen LogP contribution in [0.4, 0.5) is 0 Å². The highest BCUT2D eigenvalue weighted by atomic mass is 32.2. The molecule has 0 spiro atoms. The minimum Gasteiger partial charge on any atom is -0.497 e. The first kappa shape index (κ1) is 14.2. The van der Waals surface area contributed by atoms with Gasteiger partial charge in [-0.3, -0.25) is 0 Å². The van der Waals surface area contributed by atoms with Gasteiger partial charge in [-0.1, -0.05) is 12.1 Å². The molecule has 0 radical (unpaired) electrons. The zero-order valence-corrected chi connectivity index (χ0v) is 10.8. The lowest BCUT2D eigenvalue weighted by molar-refractivity contribution is -0.142. The number of rotatable bonds is 5. The number of hydrogen-bond donors (Lipinski definition) is 0. The van der Waals surface area contributed by atoms with E-state index in [0.717, 1.165) is 5.56 Å². The molecule has 0 bridgehead atoms. The summed E-state index contributed by atoms with van der Waals surface area (Å²) < 4.78 is 33.8. The molecule has 7 heteroatoms. The summed E-state index contributed by atoms with van der Waals surface area (Å²) in [4.78, 5) is 11.4. The van der Waals surface area contributed by atoms with Crippen LogP contribution in [0.3, 0.4) is 0 Å². The lowest BCUT2D eigenvalue weighted by atomic mass is 10.1. The third-order valence-corrected chi connectivity index (χ3v) is 2.70. The summed E-state index contributed by atoms with van der Waals surface area (Å²) in [6.07, 6.45) is 0.157. The largest absolute Gasteiger partial charge is 0.497 e. The number of carbonyl (C=O) groups excluding carboxylic acids is 1. The zero-order valence-electron chi connectivity index (χ0n) is 9.99. The van der Waals surface area contributed by atoms with E-state index >= 15 is 0 Å². The Bertz CT molecular complexity index is 527. The van der Waals surface area contributed by atoms with Crippen molar-refractivity contribution < 1.29 is 22.7 Å². The van der Waals surface area contributed by atoms with E-state index in [1.54, 1.807) is 31.4 Å².